The molecule has 0 aliphatic carbocycles. The zero-order valence-electron chi connectivity index (χ0n) is 12.6. The Bertz CT molecular complexity index is 371. The highest BCUT2D eigenvalue weighted by atomic mass is 16.6. The maximum absolute atomic E-state index is 12.5. The molecule has 2 saturated heterocycles. The summed E-state index contributed by atoms with van der Waals surface area (Å²) in [7, 11) is 0. The highest BCUT2D eigenvalue weighted by molar-refractivity contribution is 5.80. The lowest BCUT2D eigenvalue weighted by atomic mass is 9.95. The Hall–Kier alpha value is -1.34. The van der Waals surface area contributed by atoms with Crippen LogP contribution in [0.15, 0.2) is 0 Å². The fourth-order valence-electron chi connectivity index (χ4n) is 2.72. The molecule has 0 spiro atoms. The maximum Gasteiger partial charge on any atom is 0.411 e. The Labute approximate surface area is 125 Å². The van der Waals surface area contributed by atoms with Gasteiger partial charge in [-0.25, -0.2) is 4.79 Å². The summed E-state index contributed by atoms with van der Waals surface area (Å²) in [5.74, 6) is -0.0874. The summed E-state index contributed by atoms with van der Waals surface area (Å²) in [6, 6.07) is 0. The van der Waals surface area contributed by atoms with E-state index in [4.69, 9.17) is 15.2 Å². The smallest absolute Gasteiger partial charge is 0.411 e. The fourth-order valence-corrected chi connectivity index (χ4v) is 2.72. The van der Waals surface area contributed by atoms with E-state index in [0.29, 0.717) is 45.9 Å². The van der Waals surface area contributed by atoms with E-state index in [2.05, 4.69) is 0 Å². The van der Waals surface area contributed by atoms with Crippen LogP contribution in [-0.2, 0) is 14.3 Å². The highest BCUT2D eigenvalue weighted by Crippen LogP contribution is 2.22. The average Bonchev–Trinajstić information content (AvgIpc) is 2.53. The molecule has 7 nitrogen and oxygen atoms in total. The van der Waals surface area contributed by atoms with Crippen LogP contribution in [0, 0.1) is 5.92 Å². The Kier molecular flexibility index (Phi) is 5.81. The van der Waals surface area contributed by atoms with Crippen molar-refractivity contribution in [2.45, 2.75) is 32.4 Å². The van der Waals surface area contributed by atoms with E-state index in [0.717, 1.165) is 12.8 Å². The SMILES string of the molecule is CCCOC(=O)N1CC(C(=O)N2CCOCC2)CCC1N. The van der Waals surface area contributed by atoms with Crippen LogP contribution >= 0.6 is 0 Å². The standard InChI is InChI=1S/C14H25N3O4/c1-2-7-21-14(19)17-10-11(3-4-12(17)15)13(18)16-5-8-20-9-6-16/h11-12H,2-10,15H2,1H3. The number of nitrogens with two attached hydrogens (primary N) is 1. The molecule has 21 heavy (non-hydrogen) atoms. The molecule has 0 aromatic rings. The minimum Gasteiger partial charge on any atom is -0.449 e. The topological polar surface area (TPSA) is 85.1 Å². The summed E-state index contributed by atoms with van der Waals surface area (Å²) < 4.78 is 10.4. The number of amides is 2. The van der Waals surface area contributed by atoms with Gasteiger partial charge in [-0.2, -0.15) is 0 Å². The van der Waals surface area contributed by atoms with Gasteiger partial charge in [-0.1, -0.05) is 6.92 Å². The lowest BCUT2D eigenvalue weighted by molar-refractivity contribution is -0.141. The molecule has 0 aromatic heterocycles. The van der Waals surface area contributed by atoms with Crippen molar-refractivity contribution in [2.75, 3.05) is 39.5 Å². The number of hydrogen-bond donors (Lipinski definition) is 1. The number of ether oxygens (including phenoxy) is 2. The van der Waals surface area contributed by atoms with Gasteiger partial charge in [0.2, 0.25) is 5.91 Å². The van der Waals surface area contributed by atoms with E-state index in [-0.39, 0.29) is 18.0 Å². The second-order valence-corrected chi connectivity index (χ2v) is 5.55. The van der Waals surface area contributed by atoms with Crippen LogP contribution in [0.1, 0.15) is 26.2 Å². The van der Waals surface area contributed by atoms with Crippen molar-refractivity contribution in [2.24, 2.45) is 11.7 Å². The molecule has 2 aliphatic rings. The van der Waals surface area contributed by atoms with Gasteiger partial charge in [-0.05, 0) is 19.3 Å². The summed E-state index contributed by atoms with van der Waals surface area (Å²) in [6.45, 7) is 5.09. The molecule has 2 rings (SSSR count). The highest BCUT2D eigenvalue weighted by Gasteiger charge is 2.35. The molecule has 0 aromatic carbocycles. The molecule has 0 bridgehead atoms. The lowest BCUT2D eigenvalue weighted by Gasteiger charge is -2.38. The molecule has 2 unspecified atom stereocenters. The number of likely N-dealkylation sites (tertiary alicyclic amines) is 1. The average molecular weight is 299 g/mol. The number of nitrogens with zero attached hydrogens (tertiary/aromatic N) is 2. The number of rotatable bonds is 3. The van der Waals surface area contributed by atoms with E-state index in [1.807, 2.05) is 11.8 Å². The van der Waals surface area contributed by atoms with Crippen molar-refractivity contribution in [1.29, 1.82) is 0 Å². The molecule has 120 valence electrons. The predicted octanol–water partition coefficient (Wildman–Crippen LogP) is 0.389. The first kappa shape index (κ1) is 16.0. The first-order valence-corrected chi connectivity index (χ1v) is 7.69. The maximum atomic E-state index is 12.5. The summed E-state index contributed by atoms with van der Waals surface area (Å²) in [6.07, 6.45) is 1.34. The van der Waals surface area contributed by atoms with Crippen molar-refractivity contribution >= 4 is 12.0 Å². The van der Waals surface area contributed by atoms with Gasteiger partial charge < -0.3 is 20.1 Å². The quantitative estimate of drug-likeness (QED) is 0.815. The number of carbonyl (C=O) groups excluding carboxylic acids is 2. The van der Waals surface area contributed by atoms with Crippen LogP contribution in [0.4, 0.5) is 4.79 Å². The van der Waals surface area contributed by atoms with Crippen molar-refractivity contribution < 1.29 is 19.1 Å². The molecule has 0 saturated carbocycles. The molecular formula is C14H25N3O4. The van der Waals surface area contributed by atoms with Gasteiger partial charge in [0.1, 0.15) is 0 Å². The van der Waals surface area contributed by atoms with Crippen LogP contribution in [0.5, 0.6) is 0 Å². The predicted molar refractivity (Wildman–Crippen MR) is 76.4 cm³/mol. The van der Waals surface area contributed by atoms with Crippen LogP contribution < -0.4 is 5.73 Å². The first-order valence-electron chi connectivity index (χ1n) is 7.69. The third kappa shape index (κ3) is 4.07. The van der Waals surface area contributed by atoms with Gasteiger partial charge in [0.05, 0.1) is 31.9 Å². The van der Waals surface area contributed by atoms with Crippen molar-refractivity contribution in [3.63, 3.8) is 0 Å². The molecule has 7 heteroatoms. The van der Waals surface area contributed by atoms with E-state index >= 15 is 0 Å². The third-order valence-electron chi connectivity index (χ3n) is 3.96. The van der Waals surface area contributed by atoms with Crippen molar-refractivity contribution in [3.8, 4) is 0 Å². The van der Waals surface area contributed by atoms with Gasteiger partial charge in [0, 0.05) is 19.6 Å². The normalized spacial score (nSPS) is 26.6. The monoisotopic (exact) mass is 299 g/mol. The molecule has 2 aliphatic heterocycles. The Morgan fingerprint density at radius 1 is 1.29 bits per heavy atom. The third-order valence-corrected chi connectivity index (χ3v) is 3.96. The zero-order valence-corrected chi connectivity index (χ0v) is 12.6. The van der Waals surface area contributed by atoms with Gasteiger partial charge in [0.15, 0.2) is 0 Å². The molecule has 2 heterocycles. The van der Waals surface area contributed by atoms with E-state index in [1.165, 1.54) is 4.90 Å². The minimum absolute atomic E-state index is 0.0958. The minimum atomic E-state index is -0.413. The van der Waals surface area contributed by atoms with Crippen LogP contribution in [0.3, 0.4) is 0 Å². The van der Waals surface area contributed by atoms with Gasteiger partial charge in [-0.3, -0.25) is 9.69 Å². The summed E-state index contributed by atoms with van der Waals surface area (Å²) >= 11 is 0. The van der Waals surface area contributed by atoms with E-state index in [1.54, 1.807) is 0 Å². The lowest BCUT2D eigenvalue weighted by Crippen LogP contribution is -2.55. The molecule has 2 atom stereocenters. The van der Waals surface area contributed by atoms with Crippen LogP contribution in [-0.4, -0.2) is 67.4 Å². The summed E-state index contributed by atoms with van der Waals surface area (Å²) in [4.78, 5) is 27.8. The molecule has 2 amide bonds. The molecular weight excluding hydrogens is 274 g/mol. The van der Waals surface area contributed by atoms with Crippen molar-refractivity contribution in [1.82, 2.24) is 9.80 Å². The number of hydrogen-bond acceptors (Lipinski definition) is 5. The summed E-state index contributed by atoms with van der Waals surface area (Å²) in [5.41, 5.74) is 5.97. The number of carbonyl (C=O) groups is 2. The van der Waals surface area contributed by atoms with Gasteiger partial charge in [0.25, 0.3) is 0 Å². The van der Waals surface area contributed by atoms with E-state index < -0.39 is 6.09 Å². The fraction of sp³-hybridized carbons (Fsp3) is 0.857. The zero-order chi connectivity index (χ0) is 15.2. The van der Waals surface area contributed by atoms with Crippen LogP contribution in [0.25, 0.3) is 0 Å². The second-order valence-electron chi connectivity index (χ2n) is 5.55. The number of morpholine rings is 1. The number of piperidine rings is 1. The Morgan fingerprint density at radius 2 is 2.00 bits per heavy atom. The summed E-state index contributed by atoms with van der Waals surface area (Å²) in [5, 5.41) is 0. The van der Waals surface area contributed by atoms with Gasteiger partial charge in [-0.15, -0.1) is 0 Å². The molecule has 0 radical (unpaired) electrons. The Morgan fingerprint density at radius 3 is 2.67 bits per heavy atom. The molecule has 2 N–H and O–H groups in total. The first-order chi connectivity index (χ1) is 10.1. The Balaban J connectivity index is 1.92. The largest absolute Gasteiger partial charge is 0.449 e. The second kappa shape index (κ2) is 7.61. The molecule has 2 fully saturated rings. The van der Waals surface area contributed by atoms with Gasteiger partial charge >= 0.3 is 6.09 Å². The van der Waals surface area contributed by atoms with Crippen molar-refractivity contribution in [3.05, 3.63) is 0 Å². The van der Waals surface area contributed by atoms with E-state index in [9.17, 15) is 9.59 Å². The van der Waals surface area contributed by atoms with Crippen LogP contribution in [0.2, 0.25) is 0 Å².